The SMILES string of the molecule is Cc1c(Cc2ccccc2)c(=O)oc2c(C)c(OC(=O)C(C)NC(=O)OC(C)(C)C)ccc12. The molecule has 0 aliphatic carbocycles. The van der Waals surface area contributed by atoms with Crippen molar-refractivity contribution in [2.75, 3.05) is 0 Å². The molecule has 7 heteroatoms. The molecule has 0 saturated carbocycles. The Morgan fingerprint density at radius 3 is 2.33 bits per heavy atom. The molecule has 0 spiro atoms. The normalized spacial score (nSPS) is 12.3. The number of carbonyl (C=O) groups excluding carboxylic acids is 2. The summed E-state index contributed by atoms with van der Waals surface area (Å²) in [7, 11) is 0. The van der Waals surface area contributed by atoms with Crippen molar-refractivity contribution < 1.29 is 23.5 Å². The monoisotopic (exact) mass is 451 g/mol. The Kier molecular flexibility index (Phi) is 6.91. The van der Waals surface area contributed by atoms with E-state index in [1.54, 1.807) is 39.8 Å². The topological polar surface area (TPSA) is 94.8 Å². The number of nitrogens with one attached hydrogen (secondary N) is 1. The summed E-state index contributed by atoms with van der Waals surface area (Å²) >= 11 is 0. The maximum atomic E-state index is 12.8. The number of aryl methyl sites for hydroxylation is 2. The van der Waals surface area contributed by atoms with Gasteiger partial charge in [-0.3, -0.25) is 0 Å². The van der Waals surface area contributed by atoms with E-state index in [1.807, 2.05) is 37.3 Å². The summed E-state index contributed by atoms with van der Waals surface area (Å²) in [5.74, 6) is -0.410. The lowest BCUT2D eigenvalue weighted by molar-refractivity contribution is -0.136. The average Bonchev–Trinajstić information content (AvgIpc) is 2.72. The Bertz CT molecular complexity index is 1240. The molecule has 7 nitrogen and oxygen atoms in total. The first-order valence-electron chi connectivity index (χ1n) is 10.8. The van der Waals surface area contributed by atoms with E-state index in [9.17, 15) is 14.4 Å². The summed E-state index contributed by atoms with van der Waals surface area (Å²) in [4.78, 5) is 37.2. The number of esters is 1. The van der Waals surface area contributed by atoms with Crippen molar-refractivity contribution in [2.24, 2.45) is 0 Å². The molecule has 1 amide bonds. The standard InChI is InChI=1S/C26H29NO6/c1-15-19-12-13-21(31-23(28)17(3)27-25(30)33-26(4,5)6)16(2)22(19)32-24(29)20(15)14-18-10-8-7-9-11-18/h7-13,17H,14H2,1-6H3,(H,27,30). The summed E-state index contributed by atoms with van der Waals surface area (Å²) in [6.07, 6.45) is -0.246. The van der Waals surface area contributed by atoms with Gasteiger partial charge in [0.05, 0.1) is 0 Å². The number of benzene rings is 2. The third-order valence-electron chi connectivity index (χ3n) is 5.18. The van der Waals surface area contributed by atoms with Gasteiger partial charge in [0.1, 0.15) is 23.0 Å². The van der Waals surface area contributed by atoms with Gasteiger partial charge in [0.15, 0.2) is 0 Å². The van der Waals surface area contributed by atoms with Crippen LogP contribution in [0.2, 0.25) is 0 Å². The Hall–Kier alpha value is -3.61. The van der Waals surface area contributed by atoms with Crippen LogP contribution in [0, 0.1) is 13.8 Å². The van der Waals surface area contributed by atoms with Crippen LogP contribution in [-0.4, -0.2) is 23.7 Å². The fourth-order valence-electron chi connectivity index (χ4n) is 3.43. The van der Waals surface area contributed by atoms with Gasteiger partial charge in [0.25, 0.3) is 0 Å². The van der Waals surface area contributed by atoms with Crippen LogP contribution in [0.3, 0.4) is 0 Å². The lowest BCUT2D eigenvalue weighted by atomic mass is 9.98. The predicted octanol–water partition coefficient (Wildman–Crippen LogP) is 4.82. The van der Waals surface area contributed by atoms with Crippen molar-refractivity contribution >= 4 is 23.0 Å². The predicted molar refractivity (Wildman–Crippen MR) is 126 cm³/mol. The smallest absolute Gasteiger partial charge is 0.408 e. The molecule has 0 saturated heterocycles. The van der Waals surface area contributed by atoms with Gasteiger partial charge in [-0.05, 0) is 64.8 Å². The van der Waals surface area contributed by atoms with E-state index in [2.05, 4.69) is 5.32 Å². The van der Waals surface area contributed by atoms with Gasteiger partial charge in [-0.1, -0.05) is 30.3 Å². The van der Waals surface area contributed by atoms with E-state index in [4.69, 9.17) is 13.9 Å². The van der Waals surface area contributed by atoms with E-state index < -0.39 is 29.3 Å². The second kappa shape index (κ2) is 9.48. The molecule has 0 radical (unpaired) electrons. The first-order valence-corrected chi connectivity index (χ1v) is 10.8. The summed E-state index contributed by atoms with van der Waals surface area (Å²) in [6, 6.07) is 12.2. The molecule has 2 aromatic carbocycles. The highest BCUT2D eigenvalue weighted by atomic mass is 16.6. The number of hydrogen-bond donors (Lipinski definition) is 1. The Balaban J connectivity index is 1.83. The Morgan fingerprint density at radius 1 is 1.03 bits per heavy atom. The Morgan fingerprint density at radius 2 is 1.70 bits per heavy atom. The minimum Gasteiger partial charge on any atom is -0.444 e. The van der Waals surface area contributed by atoms with Crippen molar-refractivity contribution in [2.45, 2.75) is 59.6 Å². The highest BCUT2D eigenvalue weighted by Gasteiger charge is 2.23. The minimum absolute atomic E-state index is 0.253. The van der Waals surface area contributed by atoms with Crippen LogP contribution in [-0.2, 0) is 16.0 Å². The van der Waals surface area contributed by atoms with Gasteiger partial charge in [0, 0.05) is 22.9 Å². The van der Waals surface area contributed by atoms with Crippen molar-refractivity contribution in [3.05, 3.63) is 75.1 Å². The lowest BCUT2D eigenvalue weighted by Gasteiger charge is -2.21. The van der Waals surface area contributed by atoms with E-state index in [0.29, 0.717) is 23.1 Å². The number of hydrogen-bond acceptors (Lipinski definition) is 6. The van der Waals surface area contributed by atoms with Gasteiger partial charge in [-0.2, -0.15) is 0 Å². The number of alkyl carbamates (subject to hydrolysis) is 1. The van der Waals surface area contributed by atoms with E-state index in [-0.39, 0.29) is 5.75 Å². The van der Waals surface area contributed by atoms with Gasteiger partial charge < -0.3 is 19.2 Å². The fraction of sp³-hybridized carbons (Fsp3) is 0.346. The zero-order valence-electron chi connectivity index (χ0n) is 19.8. The molecule has 1 unspecified atom stereocenters. The molecular weight excluding hydrogens is 422 g/mol. The van der Waals surface area contributed by atoms with E-state index in [0.717, 1.165) is 16.5 Å². The molecular formula is C26H29NO6. The second-order valence-electron chi connectivity index (χ2n) is 9.01. The zero-order chi connectivity index (χ0) is 24.3. The molecule has 0 bridgehead atoms. The van der Waals surface area contributed by atoms with Crippen LogP contribution in [0.25, 0.3) is 11.0 Å². The molecule has 1 atom stereocenters. The largest absolute Gasteiger partial charge is 0.444 e. The summed E-state index contributed by atoms with van der Waals surface area (Å²) in [5.41, 5.74) is 2.22. The zero-order valence-corrected chi connectivity index (χ0v) is 19.8. The molecule has 0 aliphatic heterocycles. The number of rotatable bonds is 5. The number of fused-ring (bicyclic) bond motifs is 1. The molecule has 3 aromatic rings. The molecule has 174 valence electrons. The maximum absolute atomic E-state index is 12.8. The third kappa shape index (κ3) is 5.80. The van der Waals surface area contributed by atoms with Crippen LogP contribution < -0.4 is 15.7 Å². The maximum Gasteiger partial charge on any atom is 0.408 e. The Labute approximate surface area is 192 Å². The summed E-state index contributed by atoms with van der Waals surface area (Å²) < 4.78 is 16.3. The highest BCUT2D eigenvalue weighted by Crippen LogP contribution is 2.30. The van der Waals surface area contributed by atoms with Crippen LogP contribution in [0.15, 0.2) is 51.7 Å². The molecule has 0 aliphatic rings. The molecule has 33 heavy (non-hydrogen) atoms. The quantitative estimate of drug-likeness (QED) is 0.340. The van der Waals surface area contributed by atoms with E-state index >= 15 is 0 Å². The van der Waals surface area contributed by atoms with Gasteiger partial charge in [-0.25, -0.2) is 14.4 Å². The first kappa shape index (κ1) is 24.0. The number of amides is 1. The molecule has 1 N–H and O–H groups in total. The van der Waals surface area contributed by atoms with Crippen molar-refractivity contribution in [3.8, 4) is 5.75 Å². The minimum atomic E-state index is -0.933. The van der Waals surface area contributed by atoms with Gasteiger partial charge in [-0.15, -0.1) is 0 Å². The second-order valence-corrected chi connectivity index (χ2v) is 9.01. The fourth-order valence-corrected chi connectivity index (χ4v) is 3.43. The highest BCUT2D eigenvalue weighted by molar-refractivity contribution is 5.88. The first-order chi connectivity index (χ1) is 15.5. The van der Waals surface area contributed by atoms with Crippen LogP contribution in [0.5, 0.6) is 5.75 Å². The van der Waals surface area contributed by atoms with Crippen LogP contribution in [0.1, 0.15) is 49.9 Å². The van der Waals surface area contributed by atoms with Gasteiger partial charge in [0.2, 0.25) is 0 Å². The molecule has 0 fully saturated rings. The summed E-state index contributed by atoms with van der Waals surface area (Å²) in [6.45, 7) is 10.3. The van der Waals surface area contributed by atoms with Crippen molar-refractivity contribution in [1.82, 2.24) is 5.32 Å². The lowest BCUT2D eigenvalue weighted by Crippen LogP contribution is -2.43. The average molecular weight is 452 g/mol. The summed E-state index contributed by atoms with van der Waals surface area (Å²) in [5, 5.41) is 3.23. The van der Waals surface area contributed by atoms with Crippen LogP contribution >= 0.6 is 0 Å². The number of carbonyl (C=O) groups is 2. The number of ether oxygens (including phenoxy) is 2. The van der Waals surface area contributed by atoms with Crippen LogP contribution in [0.4, 0.5) is 4.79 Å². The van der Waals surface area contributed by atoms with E-state index in [1.165, 1.54) is 6.92 Å². The van der Waals surface area contributed by atoms with Gasteiger partial charge >= 0.3 is 17.7 Å². The van der Waals surface area contributed by atoms with Crippen molar-refractivity contribution in [1.29, 1.82) is 0 Å². The molecule has 1 aromatic heterocycles. The third-order valence-corrected chi connectivity index (χ3v) is 5.18. The van der Waals surface area contributed by atoms with Crippen molar-refractivity contribution in [3.63, 3.8) is 0 Å². The molecule has 3 rings (SSSR count). The molecule has 1 heterocycles.